The van der Waals surface area contributed by atoms with Crippen LogP contribution in [-0.4, -0.2) is 25.0 Å². The SMILES string of the molecule is Cc1ccc(NC(N)=NCCNC(=O)c2cccc(C)c2)cc1.I. The molecular formula is C18H23IN4O. The number of guanidine groups is 1. The third kappa shape index (κ3) is 6.57. The van der Waals surface area contributed by atoms with Crippen LogP contribution in [0, 0.1) is 13.8 Å². The molecule has 0 atom stereocenters. The number of nitrogens with zero attached hydrogens (tertiary/aromatic N) is 1. The number of hydrogen-bond donors (Lipinski definition) is 3. The Hall–Kier alpha value is -2.09. The molecule has 4 N–H and O–H groups in total. The van der Waals surface area contributed by atoms with E-state index in [2.05, 4.69) is 15.6 Å². The highest BCUT2D eigenvalue weighted by Crippen LogP contribution is 2.07. The van der Waals surface area contributed by atoms with E-state index in [0.29, 0.717) is 24.6 Å². The fourth-order valence-corrected chi connectivity index (χ4v) is 2.06. The Bertz CT molecular complexity index is 698. The van der Waals surface area contributed by atoms with Crippen molar-refractivity contribution in [3.05, 3.63) is 65.2 Å². The molecule has 0 unspecified atom stereocenters. The molecule has 0 spiro atoms. The van der Waals surface area contributed by atoms with Crippen LogP contribution in [0.2, 0.25) is 0 Å². The highest BCUT2D eigenvalue weighted by molar-refractivity contribution is 14.0. The standard InChI is InChI=1S/C18H22N4O.HI/c1-13-6-8-16(9-7-13)22-18(19)21-11-10-20-17(23)15-5-3-4-14(2)12-15;/h3-9,12H,10-11H2,1-2H3,(H,20,23)(H3,19,21,22);1H. The van der Waals surface area contributed by atoms with E-state index >= 15 is 0 Å². The summed E-state index contributed by atoms with van der Waals surface area (Å²) in [5.41, 5.74) is 9.60. The minimum Gasteiger partial charge on any atom is -0.370 e. The first-order valence-corrected chi connectivity index (χ1v) is 7.53. The maximum Gasteiger partial charge on any atom is 0.251 e. The Labute approximate surface area is 159 Å². The van der Waals surface area contributed by atoms with Gasteiger partial charge < -0.3 is 16.4 Å². The summed E-state index contributed by atoms with van der Waals surface area (Å²) in [4.78, 5) is 16.2. The van der Waals surface area contributed by atoms with Crippen LogP contribution >= 0.6 is 24.0 Å². The summed E-state index contributed by atoms with van der Waals surface area (Å²) in [6.45, 7) is 4.84. The van der Waals surface area contributed by atoms with Crippen LogP contribution in [0.3, 0.4) is 0 Å². The number of nitrogens with one attached hydrogen (secondary N) is 2. The number of carbonyl (C=O) groups excluding carboxylic acids is 1. The van der Waals surface area contributed by atoms with Crippen LogP contribution in [0.15, 0.2) is 53.5 Å². The molecule has 128 valence electrons. The van der Waals surface area contributed by atoms with Gasteiger partial charge in [0, 0.05) is 17.8 Å². The summed E-state index contributed by atoms with van der Waals surface area (Å²) in [6, 6.07) is 15.3. The Morgan fingerprint density at radius 2 is 1.79 bits per heavy atom. The Morgan fingerprint density at radius 3 is 2.46 bits per heavy atom. The number of aliphatic imine (C=N–C) groups is 1. The molecule has 6 heteroatoms. The minimum atomic E-state index is -0.103. The van der Waals surface area contributed by atoms with Gasteiger partial charge in [0.2, 0.25) is 0 Å². The first-order valence-electron chi connectivity index (χ1n) is 7.53. The van der Waals surface area contributed by atoms with E-state index < -0.39 is 0 Å². The van der Waals surface area contributed by atoms with Gasteiger partial charge in [-0.3, -0.25) is 9.79 Å². The maximum atomic E-state index is 12.0. The van der Waals surface area contributed by atoms with Gasteiger partial charge in [0.15, 0.2) is 5.96 Å². The van der Waals surface area contributed by atoms with Gasteiger partial charge >= 0.3 is 0 Å². The molecule has 0 aromatic heterocycles. The van der Waals surface area contributed by atoms with E-state index in [-0.39, 0.29) is 29.9 Å². The number of rotatable bonds is 5. The van der Waals surface area contributed by atoms with Crippen LogP contribution in [0.1, 0.15) is 21.5 Å². The molecule has 0 bridgehead atoms. The van der Waals surface area contributed by atoms with E-state index in [0.717, 1.165) is 11.3 Å². The van der Waals surface area contributed by atoms with Gasteiger partial charge in [-0.15, -0.1) is 24.0 Å². The van der Waals surface area contributed by atoms with Crippen molar-refractivity contribution in [1.29, 1.82) is 0 Å². The summed E-state index contributed by atoms with van der Waals surface area (Å²) < 4.78 is 0. The Morgan fingerprint density at radius 1 is 1.08 bits per heavy atom. The lowest BCUT2D eigenvalue weighted by Gasteiger charge is -2.07. The molecule has 0 saturated heterocycles. The summed E-state index contributed by atoms with van der Waals surface area (Å²) in [7, 11) is 0. The lowest BCUT2D eigenvalue weighted by atomic mass is 10.1. The van der Waals surface area contributed by atoms with Crippen LogP contribution in [0.4, 0.5) is 5.69 Å². The Balaban J connectivity index is 0.00000288. The highest BCUT2D eigenvalue weighted by atomic mass is 127. The molecule has 2 aromatic rings. The summed E-state index contributed by atoms with van der Waals surface area (Å²) in [6.07, 6.45) is 0. The fourth-order valence-electron chi connectivity index (χ4n) is 2.06. The predicted octanol–water partition coefficient (Wildman–Crippen LogP) is 3.08. The molecule has 0 fully saturated rings. The lowest BCUT2D eigenvalue weighted by Crippen LogP contribution is -2.28. The summed E-state index contributed by atoms with van der Waals surface area (Å²) in [5.74, 6) is 0.229. The van der Waals surface area contributed by atoms with Crippen molar-refractivity contribution in [3.8, 4) is 0 Å². The molecule has 2 rings (SSSR count). The van der Waals surface area contributed by atoms with Gasteiger partial charge in [-0.25, -0.2) is 0 Å². The quantitative estimate of drug-likeness (QED) is 0.291. The minimum absolute atomic E-state index is 0. The number of hydrogen-bond acceptors (Lipinski definition) is 2. The second-order valence-electron chi connectivity index (χ2n) is 5.38. The van der Waals surface area contributed by atoms with Gasteiger partial charge in [0.1, 0.15) is 0 Å². The zero-order valence-corrected chi connectivity index (χ0v) is 16.2. The number of amides is 1. The lowest BCUT2D eigenvalue weighted by molar-refractivity contribution is 0.0954. The second kappa shape index (κ2) is 9.92. The van der Waals surface area contributed by atoms with Crippen LogP contribution < -0.4 is 16.4 Å². The van der Waals surface area contributed by atoms with Gasteiger partial charge in [-0.1, -0.05) is 35.4 Å². The molecule has 2 aromatic carbocycles. The largest absolute Gasteiger partial charge is 0.370 e. The molecule has 0 aliphatic rings. The number of benzene rings is 2. The van der Waals surface area contributed by atoms with Crippen molar-refractivity contribution in [3.63, 3.8) is 0 Å². The van der Waals surface area contributed by atoms with Crippen molar-refractivity contribution in [2.75, 3.05) is 18.4 Å². The number of carbonyl (C=O) groups is 1. The average molecular weight is 438 g/mol. The zero-order valence-electron chi connectivity index (χ0n) is 13.9. The molecule has 0 heterocycles. The van der Waals surface area contributed by atoms with E-state index in [9.17, 15) is 4.79 Å². The van der Waals surface area contributed by atoms with Crippen molar-refractivity contribution in [2.45, 2.75) is 13.8 Å². The molecule has 24 heavy (non-hydrogen) atoms. The zero-order chi connectivity index (χ0) is 16.7. The molecular weight excluding hydrogens is 415 g/mol. The van der Waals surface area contributed by atoms with Gasteiger partial charge in [0.25, 0.3) is 5.91 Å². The molecule has 0 saturated carbocycles. The van der Waals surface area contributed by atoms with E-state index in [4.69, 9.17) is 5.73 Å². The third-order valence-corrected chi connectivity index (χ3v) is 3.28. The van der Waals surface area contributed by atoms with Gasteiger partial charge in [-0.2, -0.15) is 0 Å². The third-order valence-electron chi connectivity index (χ3n) is 3.28. The molecule has 0 radical (unpaired) electrons. The van der Waals surface area contributed by atoms with Crippen LogP contribution in [0.25, 0.3) is 0 Å². The molecule has 0 aliphatic heterocycles. The fraction of sp³-hybridized carbons (Fsp3) is 0.222. The predicted molar refractivity (Wildman–Crippen MR) is 110 cm³/mol. The van der Waals surface area contributed by atoms with Gasteiger partial charge in [-0.05, 0) is 38.1 Å². The first-order chi connectivity index (χ1) is 11.0. The molecule has 0 aliphatic carbocycles. The second-order valence-corrected chi connectivity index (χ2v) is 5.38. The highest BCUT2D eigenvalue weighted by Gasteiger charge is 2.03. The normalized spacial score (nSPS) is 10.7. The first kappa shape index (κ1) is 20.0. The topological polar surface area (TPSA) is 79.5 Å². The molecule has 1 amide bonds. The number of anilines is 1. The van der Waals surface area contributed by atoms with Crippen molar-refractivity contribution in [1.82, 2.24) is 5.32 Å². The smallest absolute Gasteiger partial charge is 0.251 e. The van der Waals surface area contributed by atoms with Crippen molar-refractivity contribution in [2.24, 2.45) is 10.7 Å². The summed E-state index contributed by atoms with van der Waals surface area (Å²) >= 11 is 0. The number of nitrogens with two attached hydrogens (primary N) is 1. The Kier molecular flexibility index (Phi) is 8.25. The molecule has 5 nitrogen and oxygen atoms in total. The number of aryl methyl sites for hydroxylation is 2. The van der Waals surface area contributed by atoms with Crippen LogP contribution in [0.5, 0.6) is 0 Å². The summed E-state index contributed by atoms with van der Waals surface area (Å²) in [5, 5.41) is 5.83. The van der Waals surface area contributed by atoms with E-state index in [1.165, 1.54) is 5.56 Å². The van der Waals surface area contributed by atoms with E-state index in [1.807, 2.05) is 56.3 Å². The van der Waals surface area contributed by atoms with E-state index in [1.54, 1.807) is 6.07 Å². The monoisotopic (exact) mass is 438 g/mol. The van der Waals surface area contributed by atoms with Crippen molar-refractivity contribution >= 4 is 41.5 Å². The average Bonchev–Trinajstić information content (AvgIpc) is 2.53. The maximum absolute atomic E-state index is 12.0. The number of halogens is 1. The van der Waals surface area contributed by atoms with Gasteiger partial charge in [0.05, 0.1) is 6.54 Å². The van der Waals surface area contributed by atoms with Crippen molar-refractivity contribution < 1.29 is 4.79 Å². The van der Waals surface area contributed by atoms with Crippen LogP contribution in [-0.2, 0) is 0 Å².